The molecule has 27 heavy (non-hydrogen) atoms. The minimum Gasteiger partial charge on any atom is -0.497 e. The Hall–Kier alpha value is -3.06. The van der Waals surface area contributed by atoms with Gasteiger partial charge in [-0.3, -0.25) is 4.68 Å². The Morgan fingerprint density at radius 3 is 2.52 bits per heavy atom. The van der Waals surface area contributed by atoms with E-state index in [1.807, 2.05) is 29.1 Å². The Kier molecular flexibility index (Phi) is 5.93. The normalized spacial score (nSPS) is 10.3. The van der Waals surface area contributed by atoms with Gasteiger partial charge >= 0.3 is 0 Å². The number of hydrogen-bond acceptors (Lipinski definition) is 4. The first-order chi connectivity index (χ1) is 13.1. The molecule has 6 nitrogen and oxygen atoms in total. The van der Waals surface area contributed by atoms with E-state index in [2.05, 4.69) is 46.9 Å². The highest BCUT2D eigenvalue weighted by Crippen LogP contribution is 2.29. The van der Waals surface area contributed by atoms with Crippen molar-refractivity contribution in [2.75, 3.05) is 24.9 Å². The van der Waals surface area contributed by atoms with Crippen molar-refractivity contribution in [3.05, 3.63) is 65.9 Å². The Labute approximate surface area is 164 Å². The summed E-state index contributed by atoms with van der Waals surface area (Å²) in [7, 11) is 3.21. The Balaban J connectivity index is 1.61. The molecule has 0 fully saturated rings. The first kappa shape index (κ1) is 18.7. The van der Waals surface area contributed by atoms with E-state index in [9.17, 15) is 0 Å². The summed E-state index contributed by atoms with van der Waals surface area (Å²) in [4.78, 5) is 0. The summed E-state index contributed by atoms with van der Waals surface area (Å²) in [5.41, 5.74) is 3.18. The third-order valence-electron chi connectivity index (χ3n) is 4.00. The lowest BCUT2D eigenvalue weighted by molar-refractivity contribution is 0.395. The highest BCUT2D eigenvalue weighted by atomic mass is 32.1. The number of rotatable bonds is 6. The van der Waals surface area contributed by atoms with Crippen LogP contribution in [0.1, 0.15) is 11.1 Å². The van der Waals surface area contributed by atoms with Gasteiger partial charge in [0.1, 0.15) is 11.5 Å². The molecule has 0 saturated heterocycles. The molecule has 7 heteroatoms. The number of methoxy groups -OCH3 is 2. The lowest BCUT2D eigenvalue weighted by Crippen LogP contribution is -2.20. The predicted molar refractivity (Wildman–Crippen MR) is 112 cm³/mol. The molecule has 0 aliphatic heterocycles. The minimum atomic E-state index is 0.430. The van der Waals surface area contributed by atoms with Crippen molar-refractivity contribution in [1.29, 1.82) is 0 Å². The molecule has 1 aromatic heterocycles. The molecule has 0 radical (unpaired) electrons. The van der Waals surface area contributed by atoms with Gasteiger partial charge < -0.3 is 20.1 Å². The first-order valence-electron chi connectivity index (χ1n) is 8.46. The third-order valence-corrected chi connectivity index (χ3v) is 4.21. The van der Waals surface area contributed by atoms with Crippen molar-refractivity contribution in [2.24, 2.45) is 0 Å². The lowest BCUT2D eigenvalue weighted by Gasteiger charge is -2.13. The monoisotopic (exact) mass is 382 g/mol. The molecule has 3 aromatic rings. The number of nitrogens with zero attached hydrogens (tertiary/aromatic N) is 2. The van der Waals surface area contributed by atoms with Crippen LogP contribution in [-0.4, -0.2) is 29.1 Å². The van der Waals surface area contributed by atoms with Gasteiger partial charge in [-0.05, 0) is 36.8 Å². The smallest absolute Gasteiger partial charge is 0.176 e. The van der Waals surface area contributed by atoms with Crippen LogP contribution in [0.2, 0.25) is 0 Å². The summed E-state index contributed by atoms with van der Waals surface area (Å²) in [6.45, 7) is 2.78. The summed E-state index contributed by atoms with van der Waals surface area (Å²) in [6.07, 6.45) is 1.92. The number of hydrogen-bond donors (Lipinski definition) is 2. The second-order valence-corrected chi connectivity index (χ2v) is 6.44. The maximum absolute atomic E-state index is 5.38. The second kappa shape index (κ2) is 8.55. The van der Waals surface area contributed by atoms with Gasteiger partial charge in [-0.1, -0.05) is 29.8 Å². The molecule has 2 N–H and O–H groups in total. The van der Waals surface area contributed by atoms with Gasteiger partial charge in [0.2, 0.25) is 0 Å². The van der Waals surface area contributed by atoms with E-state index in [0.29, 0.717) is 29.0 Å². The second-order valence-electron chi connectivity index (χ2n) is 6.03. The van der Waals surface area contributed by atoms with Crippen molar-refractivity contribution in [2.45, 2.75) is 13.5 Å². The molecular formula is C20H22N4O2S. The zero-order valence-corrected chi connectivity index (χ0v) is 16.3. The van der Waals surface area contributed by atoms with Gasteiger partial charge in [0.15, 0.2) is 10.9 Å². The van der Waals surface area contributed by atoms with E-state index in [1.54, 1.807) is 20.3 Å². The van der Waals surface area contributed by atoms with Crippen LogP contribution in [0.15, 0.2) is 54.7 Å². The van der Waals surface area contributed by atoms with Gasteiger partial charge in [0.05, 0.1) is 26.5 Å². The Bertz CT molecular complexity index is 922. The van der Waals surface area contributed by atoms with Crippen LogP contribution in [0.5, 0.6) is 11.5 Å². The summed E-state index contributed by atoms with van der Waals surface area (Å²) >= 11 is 5.38. The largest absolute Gasteiger partial charge is 0.497 e. The molecule has 1 heterocycles. The van der Waals surface area contributed by atoms with Crippen LogP contribution in [0.4, 0.5) is 11.5 Å². The molecule has 2 aromatic carbocycles. The average Bonchev–Trinajstić information content (AvgIpc) is 3.10. The number of benzene rings is 2. The van der Waals surface area contributed by atoms with Crippen molar-refractivity contribution >= 4 is 28.8 Å². The molecule has 3 rings (SSSR count). The number of aryl methyl sites for hydroxylation is 1. The molecule has 0 amide bonds. The third kappa shape index (κ3) is 4.98. The first-order valence-corrected chi connectivity index (χ1v) is 8.87. The maximum Gasteiger partial charge on any atom is 0.176 e. The van der Waals surface area contributed by atoms with Gasteiger partial charge in [0.25, 0.3) is 0 Å². The predicted octanol–water partition coefficient (Wildman–Crippen LogP) is 4.07. The molecule has 0 unspecified atom stereocenters. The average molecular weight is 382 g/mol. The van der Waals surface area contributed by atoms with Gasteiger partial charge in [-0.15, -0.1) is 0 Å². The van der Waals surface area contributed by atoms with E-state index >= 15 is 0 Å². The fraction of sp³-hybridized carbons (Fsp3) is 0.200. The SMILES string of the molecule is COc1ccc(NC(=S)Nc2ccn(Cc3ccc(C)cc3)n2)c(OC)c1. The fourth-order valence-electron chi connectivity index (χ4n) is 2.57. The molecule has 0 spiro atoms. The molecule has 0 atom stereocenters. The zero-order chi connectivity index (χ0) is 19.2. The molecule has 140 valence electrons. The molecule has 0 aliphatic carbocycles. The van der Waals surface area contributed by atoms with Gasteiger partial charge in [-0.25, -0.2) is 0 Å². The van der Waals surface area contributed by atoms with Crippen molar-refractivity contribution in [1.82, 2.24) is 9.78 Å². The zero-order valence-electron chi connectivity index (χ0n) is 15.5. The van der Waals surface area contributed by atoms with Crippen molar-refractivity contribution < 1.29 is 9.47 Å². The van der Waals surface area contributed by atoms with Gasteiger partial charge in [0, 0.05) is 18.3 Å². The van der Waals surface area contributed by atoms with Crippen LogP contribution >= 0.6 is 12.2 Å². The number of nitrogens with one attached hydrogen (secondary N) is 2. The van der Waals surface area contributed by atoms with Crippen LogP contribution in [0.25, 0.3) is 0 Å². The standard InChI is InChI=1S/C20H22N4O2S/c1-14-4-6-15(7-5-14)13-24-11-10-19(23-24)22-20(27)21-17-9-8-16(25-2)12-18(17)26-3/h4-12H,13H2,1-3H3,(H2,21,22,23,27). The summed E-state index contributed by atoms with van der Waals surface area (Å²) in [6, 6.07) is 15.8. The quantitative estimate of drug-likeness (QED) is 0.627. The number of thiocarbonyl (C=S) groups is 1. The number of ether oxygens (including phenoxy) is 2. The summed E-state index contributed by atoms with van der Waals surface area (Å²) in [5, 5.41) is 11.1. The van der Waals surface area contributed by atoms with Crippen LogP contribution in [0, 0.1) is 6.92 Å². The van der Waals surface area contributed by atoms with E-state index in [0.717, 1.165) is 5.69 Å². The van der Waals surface area contributed by atoms with Crippen molar-refractivity contribution in [3.63, 3.8) is 0 Å². The summed E-state index contributed by atoms with van der Waals surface area (Å²) in [5.74, 6) is 2.03. The number of anilines is 2. The molecule has 0 saturated carbocycles. The maximum atomic E-state index is 5.38. The van der Waals surface area contributed by atoms with Crippen LogP contribution < -0.4 is 20.1 Å². The van der Waals surface area contributed by atoms with Crippen LogP contribution in [-0.2, 0) is 6.54 Å². The molecule has 0 bridgehead atoms. The highest BCUT2D eigenvalue weighted by molar-refractivity contribution is 7.80. The minimum absolute atomic E-state index is 0.430. The van der Waals surface area contributed by atoms with Gasteiger partial charge in [-0.2, -0.15) is 5.10 Å². The van der Waals surface area contributed by atoms with Crippen molar-refractivity contribution in [3.8, 4) is 11.5 Å². The molecule has 0 aliphatic rings. The summed E-state index contributed by atoms with van der Waals surface area (Å²) < 4.78 is 12.4. The van der Waals surface area contributed by atoms with Crippen LogP contribution in [0.3, 0.4) is 0 Å². The lowest BCUT2D eigenvalue weighted by atomic mass is 10.1. The topological polar surface area (TPSA) is 60.3 Å². The van der Waals surface area contributed by atoms with E-state index in [1.165, 1.54) is 11.1 Å². The number of aromatic nitrogens is 2. The van der Waals surface area contributed by atoms with E-state index < -0.39 is 0 Å². The molecular weight excluding hydrogens is 360 g/mol. The van der Waals surface area contributed by atoms with E-state index in [4.69, 9.17) is 21.7 Å². The van der Waals surface area contributed by atoms with E-state index in [-0.39, 0.29) is 0 Å². The fourth-order valence-corrected chi connectivity index (χ4v) is 2.78. The Morgan fingerprint density at radius 2 is 1.81 bits per heavy atom. The highest BCUT2D eigenvalue weighted by Gasteiger charge is 2.08. The Morgan fingerprint density at radius 1 is 1.04 bits per heavy atom.